The fourth-order valence-corrected chi connectivity index (χ4v) is 7.33. The smallest absolute Gasteiger partial charge is 0.377 e. The zero-order valence-electron chi connectivity index (χ0n) is 27.6. The summed E-state index contributed by atoms with van der Waals surface area (Å²) in [6.45, 7) is 11.3. The van der Waals surface area contributed by atoms with E-state index >= 15 is 0 Å². The number of carbonyl (C=O) groups is 2. The number of hydrogen-bond donors (Lipinski definition) is 4. The molecule has 42 heavy (non-hydrogen) atoms. The molecule has 0 spiro atoms. The van der Waals surface area contributed by atoms with Gasteiger partial charge in [-0.15, -0.1) is 0 Å². The van der Waals surface area contributed by atoms with Gasteiger partial charge >= 0.3 is 17.6 Å². The normalized spacial score (nSPS) is 13.1. The predicted octanol–water partition coefficient (Wildman–Crippen LogP) is 1.72. The van der Waals surface area contributed by atoms with Crippen LogP contribution in [0.4, 0.5) is 0 Å². The maximum Gasteiger partial charge on any atom is 0.500 e. The van der Waals surface area contributed by atoms with Crippen molar-refractivity contribution < 1.29 is 36.1 Å². The number of carbonyl (C=O) groups excluding carboxylic acids is 2. The fraction of sp³-hybridized carbons (Fsp3) is 0.923. The highest BCUT2D eigenvalue weighted by atomic mass is 28.4. The first-order valence-corrected chi connectivity index (χ1v) is 18.3. The number of rotatable bonds is 26. The summed E-state index contributed by atoms with van der Waals surface area (Å²) in [5.74, 6) is -0.0383. The van der Waals surface area contributed by atoms with Gasteiger partial charge in [0.05, 0.1) is 11.1 Å². The van der Waals surface area contributed by atoms with Gasteiger partial charge in [0.2, 0.25) is 11.8 Å². The van der Waals surface area contributed by atoms with Gasteiger partial charge in [0.15, 0.2) is 0 Å². The van der Waals surface area contributed by atoms with Crippen LogP contribution in [0.5, 0.6) is 0 Å². The molecule has 16 heteroatoms. The summed E-state index contributed by atoms with van der Waals surface area (Å²) in [5, 5.41) is 21.5. The van der Waals surface area contributed by atoms with Crippen molar-refractivity contribution in [3.63, 3.8) is 0 Å². The van der Waals surface area contributed by atoms with E-state index in [1.54, 1.807) is 42.7 Å². The molecule has 248 valence electrons. The minimum Gasteiger partial charge on any atom is -0.377 e. The summed E-state index contributed by atoms with van der Waals surface area (Å²) < 4.78 is 32.3. The van der Waals surface area contributed by atoms with Crippen molar-refractivity contribution in [1.29, 1.82) is 0 Å². The second-order valence-electron chi connectivity index (χ2n) is 11.2. The number of azo groups is 1. The SMILES string of the molecule is CO[Si](CCCNC(=O)CCNCC(C)(C)N=NC(C)(C)CNCCC(=O)NCCC[Si](OC)(OC)OC)(OC)OC. The first-order chi connectivity index (χ1) is 19.8. The second kappa shape index (κ2) is 21.4. The van der Waals surface area contributed by atoms with Gasteiger partial charge in [0.25, 0.3) is 0 Å². The van der Waals surface area contributed by atoms with Gasteiger partial charge in [-0.25, -0.2) is 0 Å². The summed E-state index contributed by atoms with van der Waals surface area (Å²) >= 11 is 0. The average Bonchev–Trinajstić information content (AvgIpc) is 2.98. The summed E-state index contributed by atoms with van der Waals surface area (Å²) in [7, 11) is 4.27. The van der Waals surface area contributed by atoms with Crippen molar-refractivity contribution in [2.75, 3.05) is 81.9 Å². The van der Waals surface area contributed by atoms with Gasteiger partial charge in [-0.1, -0.05) is 0 Å². The lowest BCUT2D eigenvalue weighted by molar-refractivity contribution is -0.121. The van der Waals surface area contributed by atoms with Gasteiger partial charge < -0.3 is 47.8 Å². The molecule has 0 heterocycles. The van der Waals surface area contributed by atoms with Crippen LogP contribution in [0.25, 0.3) is 0 Å². The Labute approximate surface area is 255 Å². The highest BCUT2D eigenvalue weighted by molar-refractivity contribution is 6.60. The Morgan fingerprint density at radius 3 is 1.17 bits per heavy atom. The molecule has 0 aliphatic carbocycles. The summed E-state index contributed by atoms with van der Waals surface area (Å²) in [6.07, 6.45) is 2.17. The van der Waals surface area contributed by atoms with Crippen LogP contribution in [0.2, 0.25) is 12.1 Å². The minimum absolute atomic E-state index is 0.0192. The molecule has 0 bridgehead atoms. The summed E-state index contributed by atoms with van der Waals surface area (Å²) in [4.78, 5) is 24.3. The lowest BCUT2D eigenvalue weighted by Gasteiger charge is -2.24. The third-order valence-electron chi connectivity index (χ3n) is 6.59. The van der Waals surface area contributed by atoms with E-state index in [-0.39, 0.29) is 11.8 Å². The minimum atomic E-state index is -2.60. The predicted molar refractivity (Wildman–Crippen MR) is 166 cm³/mol. The monoisotopic (exact) mass is 638 g/mol. The molecule has 0 saturated heterocycles. The molecular formula is C26H58N6O8Si2. The molecule has 0 aromatic heterocycles. The maximum absolute atomic E-state index is 12.1. The quantitative estimate of drug-likeness (QED) is 0.0624. The van der Waals surface area contributed by atoms with E-state index in [9.17, 15) is 9.59 Å². The van der Waals surface area contributed by atoms with E-state index in [1.807, 2.05) is 27.7 Å². The third-order valence-corrected chi connectivity index (χ3v) is 12.3. The molecular weight excluding hydrogens is 580 g/mol. The molecule has 4 N–H and O–H groups in total. The van der Waals surface area contributed by atoms with Gasteiger partial charge in [-0.05, 0) is 40.5 Å². The Morgan fingerprint density at radius 1 is 0.571 bits per heavy atom. The number of amides is 2. The van der Waals surface area contributed by atoms with E-state index < -0.39 is 28.7 Å². The molecule has 0 radical (unpaired) electrons. The zero-order chi connectivity index (χ0) is 32.1. The van der Waals surface area contributed by atoms with E-state index in [1.165, 1.54) is 0 Å². The standard InChI is InChI=1S/C26H58N6O8Si2/c1-25(2,21-27-17-13-23(33)29-15-11-19-41(35-5,36-6)37-7)31-32-26(3,4)22-28-18-14-24(34)30-16-12-20-42(38-8,39-9)40-10/h27-28H,11-22H2,1-10H3,(H,29,33)(H,30,34). The van der Waals surface area contributed by atoms with Crippen molar-refractivity contribution in [2.45, 2.75) is 76.5 Å². The van der Waals surface area contributed by atoms with Crippen molar-refractivity contribution in [1.82, 2.24) is 21.3 Å². The highest BCUT2D eigenvalue weighted by Crippen LogP contribution is 2.16. The molecule has 0 saturated carbocycles. The molecule has 0 rings (SSSR count). The van der Waals surface area contributed by atoms with Crippen LogP contribution < -0.4 is 21.3 Å². The number of nitrogens with one attached hydrogen (secondary N) is 4. The van der Waals surface area contributed by atoms with Gasteiger partial charge in [0.1, 0.15) is 0 Å². The first-order valence-electron chi connectivity index (χ1n) is 14.5. The lowest BCUT2D eigenvalue weighted by atomic mass is 10.1. The average molecular weight is 639 g/mol. The lowest BCUT2D eigenvalue weighted by Crippen LogP contribution is -2.43. The Balaban J connectivity index is 4.18. The van der Waals surface area contributed by atoms with Crippen molar-refractivity contribution >= 4 is 29.4 Å². The van der Waals surface area contributed by atoms with Crippen molar-refractivity contribution in [3.8, 4) is 0 Å². The van der Waals surface area contributed by atoms with Crippen LogP contribution in [0.1, 0.15) is 53.4 Å². The van der Waals surface area contributed by atoms with Crippen LogP contribution in [0.15, 0.2) is 10.2 Å². The number of nitrogens with zero attached hydrogens (tertiary/aromatic N) is 2. The van der Waals surface area contributed by atoms with E-state index in [4.69, 9.17) is 26.6 Å². The summed E-state index contributed by atoms with van der Waals surface area (Å²) in [5.41, 5.74) is -0.867. The van der Waals surface area contributed by atoms with Crippen LogP contribution in [-0.2, 0) is 36.1 Å². The Bertz CT molecular complexity index is 705. The Kier molecular flexibility index (Phi) is 20.7. The highest BCUT2D eigenvalue weighted by Gasteiger charge is 2.37. The first kappa shape index (κ1) is 40.7. The molecule has 0 aliphatic rings. The van der Waals surface area contributed by atoms with Gasteiger partial charge in [-0.2, -0.15) is 10.2 Å². The van der Waals surface area contributed by atoms with Crippen LogP contribution in [-0.4, -0.2) is 122 Å². The Hall–Kier alpha value is -1.35. The third kappa shape index (κ3) is 17.7. The Morgan fingerprint density at radius 2 is 0.881 bits per heavy atom. The van der Waals surface area contributed by atoms with Gasteiger partial charge in [0, 0.05) is 107 Å². The fourth-order valence-electron chi connectivity index (χ4n) is 3.89. The van der Waals surface area contributed by atoms with E-state index in [0.717, 1.165) is 0 Å². The van der Waals surface area contributed by atoms with Crippen molar-refractivity contribution in [2.24, 2.45) is 10.2 Å². The maximum atomic E-state index is 12.1. The van der Waals surface area contributed by atoms with Crippen LogP contribution >= 0.6 is 0 Å². The largest absolute Gasteiger partial charge is 0.500 e. The van der Waals surface area contributed by atoms with Crippen LogP contribution in [0, 0.1) is 0 Å². The molecule has 0 fully saturated rings. The van der Waals surface area contributed by atoms with E-state index in [2.05, 4.69) is 31.5 Å². The zero-order valence-corrected chi connectivity index (χ0v) is 29.6. The molecule has 0 atom stereocenters. The summed E-state index contributed by atoms with van der Waals surface area (Å²) in [6, 6.07) is 1.27. The molecule has 0 aromatic rings. The molecule has 0 unspecified atom stereocenters. The number of hydrogen-bond acceptors (Lipinski definition) is 12. The molecule has 0 aromatic carbocycles. The second-order valence-corrected chi connectivity index (χ2v) is 17.4. The van der Waals surface area contributed by atoms with Crippen molar-refractivity contribution in [3.05, 3.63) is 0 Å². The van der Waals surface area contributed by atoms with Crippen LogP contribution in [0.3, 0.4) is 0 Å². The van der Waals surface area contributed by atoms with E-state index in [0.29, 0.717) is 77.0 Å². The molecule has 2 amide bonds. The molecule has 14 nitrogen and oxygen atoms in total. The van der Waals surface area contributed by atoms with Gasteiger partial charge in [-0.3, -0.25) is 9.59 Å². The molecule has 0 aliphatic heterocycles. The topological polar surface area (TPSA) is 162 Å².